The molecule has 2 aliphatic carbocycles. The van der Waals surface area contributed by atoms with Crippen LogP contribution in [0.2, 0.25) is 0 Å². The lowest BCUT2D eigenvalue weighted by Gasteiger charge is -2.66. The molecule has 2 aromatic carbocycles. The second-order valence-electron chi connectivity index (χ2n) is 10.9. The van der Waals surface area contributed by atoms with Gasteiger partial charge in [-0.3, -0.25) is 9.69 Å². The summed E-state index contributed by atoms with van der Waals surface area (Å²) in [6.07, 6.45) is 7.82. The number of phenolic OH excluding ortho intramolecular Hbond substituents is 1. The quantitative estimate of drug-likeness (QED) is 0.499. The molecule has 6 rings (SSSR count). The van der Waals surface area contributed by atoms with Crippen LogP contribution in [0.3, 0.4) is 0 Å². The van der Waals surface area contributed by atoms with E-state index in [4.69, 9.17) is 4.74 Å². The Morgan fingerprint density at radius 2 is 2.14 bits per heavy atom. The minimum atomic E-state index is -1.22. The Morgan fingerprint density at radius 3 is 2.92 bits per heavy atom. The maximum atomic E-state index is 13.5. The molecule has 6 nitrogen and oxygen atoms in total. The summed E-state index contributed by atoms with van der Waals surface area (Å²) in [5.41, 5.74) is 2.33. The molecule has 6 heteroatoms. The largest absolute Gasteiger partial charge is 0.504 e. The summed E-state index contributed by atoms with van der Waals surface area (Å²) in [4.78, 5) is 17.5. The van der Waals surface area contributed by atoms with E-state index in [1.807, 2.05) is 56.5 Å². The Labute approximate surface area is 212 Å². The molecule has 2 aromatic rings. The first-order valence-corrected chi connectivity index (χ1v) is 12.9. The molecule has 36 heavy (non-hydrogen) atoms. The first-order chi connectivity index (χ1) is 17.3. The van der Waals surface area contributed by atoms with E-state index in [0.29, 0.717) is 38.0 Å². The van der Waals surface area contributed by atoms with Gasteiger partial charge in [0.15, 0.2) is 11.5 Å². The lowest BCUT2D eigenvalue weighted by molar-refractivity contribution is -0.215. The van der Waals surface area contributed by atoms with Gasteiger partial charge in [0.05, 0.1) is 11.5 Å². The number of hydrogen-bond donors (Lipinski definition) is 2. The number of ether oxygens (including phenoxy) is 1. The van der Waals surface area contributed by atoms with Gasteiger partial charge in [-0.2, -0.15) is 0 Å². The number of hydrogen-bond acceptors (Lipinski definition) is 5. The molecule has 2 fully saturated rings. The first kappa shape index (κ1) is 23.3. The van der Waals surface area contributed by atoms with Crippen LogP contribution in [0, 0.1) is 6.92 Å². The molecule has 1 spiro atoms. The number of nitrogens with zero attached hydrogens (tertiary/aromatic N) is 2. The van der Waals surface area contributed by atoms with Crippen LogP contribution >= 0.6 is 0 Å². The van der Waals surface area contributed by atoms with Crippen molar-refractivity contribution in [2.45, 2.75) is 61.8 Å². The molecule has 4 aliphatic rings. The fraction of sp³-hybridized carbons (Fsp3) is 0.433. The normalized spacial score (nSPS) is 32.1. The smallest absolute Gasteiger partial charge is 0.246 e. The summed E-state index contributed by atoms with van der Waals surface area (Å²) >= 11 is 0. The highest BCUT2D eigenvalue weighted by molar-refractivity contribution is 5.92. The topological polar surface area (TPSA) is 73.2 Å². The van der Waals surface area contributed by atoms with E-state index in [1.54, 1.807) is 17.0 Å². The maximum Gasteiger partial charge on any atom is 0.246 e. The summed E-state index contributed by atoms with van der Waals surface area (Å²) in [7, 11) is 1.81. The van der Waals surface area contributed by atoms with Gasteiger partial charge in [0.25, 0.3) is 0 Å². The van der Waals surface area contributed by atoms with E-state index in [0.717, 1.165) is 28.8 Å². The molecule has 1 amide bonds. The van der Waals surface area contributed by atoms with Crippen molar-refractivity contribution in [2.24, 2.45) is 0 Å². The van der Waals surface area contributed by atoms with Gasteiger partial charge in [-0.25, -0.2) is 0 Å². The number of amides is 1. The lowest BCUT2D eigenvalue weighted by atomic mass is 9.47. The summed E-state index contributed by atoms with van der Waals surface area (Å²) in [6, 6.07) is 11.2. The molecular formula is C30H34N2O4. The van der Waals surface area contributed by atoms with Gasteiger partial charge in [-0.05, 0) is 62.4 Å². The number of benzene rings is 2. The minimum Gasteiger partial charge on any atom is -0.504 e. The molecule has 0 unspecified atom stereocenters. The summed E-state index contributed by atoms with van der Waals surface area (Å²) in [5, 5.41) is 23.6. The highest BCUT2D eigenvalue weighted by Gasteiger charge is 2.74. The third-order valence-electron chi connectivity index (χ3n) is 9.20. The van der Waals surface area contributed by atoms with Crippen LogP contribution in [0.5, 0.6) is 11.5 Å². The van der Waals surface area contributed by atoms with Gasteiger partial charge in [0, 0.05) is 31.3 Å². The highest BCUT2D eigenvalue weighted by atomic mass is 16.5. The van der Waals surface area contributed by atoms with E-state index in [2.05, 4.69) is 11.5 Å². The molecule has 2 N–H and O–H groups in total. The van der Waals surface area contributed by atoms with Crippen molar-refractivity contribution < 1.29 is 19.7 Å². The number of likely N-dealkylation sites (N-methyl/N-ethyl adjacent to an activating group) is 1. The van der Waals surface area contributed by atoms with E-state index in [-0.39, 0.29) is 29.8 Å². The summed E-state index contributed by atoms with van der Waals surface area (Å²) in [6.45, 7) is 7.47. The predicted octanol–water partition coefficient (Wildman–Crippen LogP) is 3.58. The third kappa shape index (κ3) is 3.01. The van der Waals surface area contributed by atoms with Crippen molar-refractivity contribution in [1.29, 1.82) is 0 Å². The van der Waals surface area contributed by atoms with Gasteiger partial charge < -0.3 is 19.8 Å². The SMILES string of the molecule is C=CCN1CC[C@]23c4c5ccc(O)c4O[C@H]2CC[C@H](N(C)C(=O)C=Cc2cccc(C)c2)[C@@]3(O)[C@H]1C5. The Balaban J connectivity index is 1.43. The van der Waals surface area contributed by atoms with Crippen LogP contribution < -0.4 is 4.74 Å². The summed E-state index contributed by atoms with van der Waals surface area (Å²) in [5.74, 6) is 0.536. The van der Waals surface area contributed by atoms with E-state index < -0.39 is 11.0 Å². The first-order valence-electron chi connectivity index (χ1n) is 12.9. The fourth-order valence-electron chi connectivity index (χ4n) is 7.72. The Kier molecular flexibility index (Phi) is 5.32. The number of rotatable bonds is 5. The van der Waals surface area contributed by atoms with Crippen LogP contribution in [-0.4, -0.2) is 69.8 Å². The average Bonchev–Trinajstić information content (AvgIpc) is 3.20. The van der Waals surface area contributed by atoms with Crippen molar-refractivity contribution in [2.75, 3.05) is 20.1 Å². The average molecular weight is 487 g/mol. The minimum absolute atomic E-state index is 0.126. The zero-order valence-electron chi connectivity index (χ0n) is 21.0. The molecule has 1 saturated heterocycles. The van der Waals surface area contributed by atoms with Crippen LogP contribution in [0.25, 0.3) is 6.08 Å². The van der Waals surface area contributed by atoms with Crippen molar-refractivity contribution >= 4 is 12.0 Å². The number of likely N-dealkylation sites (tertiary alicyclic amines) is 1. The molecule has 1 saturated carbocycles. The number of phenols is 1. The fourth-order valence-corrected chi connectivity index (χ4v) is 7.72. The second kappa shape index (κ2) is 8.22. The van der Waals surface area contributed by atoms with Crippen molar-refractivity contribution in [3.8, 4) is 11.5 Å². The maximum absolute atomic E-state index is 13.5. The molecule has 188 valence electrons. The van der Waals surface area contributed by atoms with Crippen molar-refractivity contribution in [1.82, 2.24) is 9.80 Å². The van der Waals surface area contributed by atoms with Crippen LogP contribution in [0.4, 0.5) is 0 Å². The number of carbonyl (C=O) groups excluding carboxylic acids is 1. The van der Waals surface area contributed by atoms with Crippen LogP contribution in [0.15, 0.2) is 55.1 Å². The summed E-state index contributed by atoms with van der Waals surface area (Å²) < 4.78 is 6.41. The number of aromatic hydroxyl groups is 1. The molecule has 2 heterocycles. The number of carbonyl (C=O) groups is 1. The van der Waals surface area contributed by atoms with E-state index in [1.165, 1.54) is 0 Å². The van der Waals surface area contributed by atoms with Crippen molar-refractivity contribution in [3.05, 3.63) is 77.4 Å². The molecular weight excluding hydrogens is 452 g/mol. The Hall–Kier alpha value is -3.09. The Morgan fingerprint density at radius 1 is 1.31 bits per heavy atom. The third-order valence-corrected chi connectivity index (χ3v) is 9.20. The van der Waals surface area contributed by atoms with Gasteiger partial charge in [-0.15, -0.1) is 6.58 Å². The van der Waals surface area contributed by atoms with Gasteiger partial charge in [0.1, 0.15) is 11.7 Å². The zero-order valence-corrected chi connectivity index (χ0v) is 21.0. The molecule has 5 atom stereocenters. The number of aliphatic hydroxyl groups is 1. The predicted molar refractivity (Wildman–Crippen MR) is 139 cm³/mol. The number of aryl methyl sites for hydroxylation is 1. The Bertz CT molecular complexity index is 1270. The standard InChI is InChI=1S/C30H34N2O4/c1-4-15-32-16-14-29-25-12-11-23(31(3)26(34)13-8-20-7-5-6-19(2)17-20)30(29,35)24(32)18-21-9-10-22(33)28(36-25)27(21)29/h4-10,13,17,23-25,33,35H,1,11-12,14-16,18H2,2-3H3/t23-,24+,25-,29+,30+/m0/s1. The zero-order chi connectivity index (χ0) is 25.2. The molecule has 0 aromatic heterocycles. The second-order valence-corrected chi connectivity index (χ2v) is 10.9. The van der Waals surface area contributed by atoms with Gasteiger partial charge in [-0.1, -0.05) is 42.0 Å². The van der Waals surface area contributed by atoms with Gasteiger partial charge in [0.2, 0.25) is 5.91 Å². The molecule has 2 bridgehead atoms. The van der Waals surface area contributed by atoms with E-state index >= 15 is 0 Å². The monoisotopic (exact) mass is 486 g/mol. The highest BCUT2D eigenvalue weighted by Crippen LogP contribution is 2.65. The molecule has 2 aliphatic heterocycles. The van der Waals surface area contributed by atoms with Crippen LogP contribution in [0.1, 0.15) is 41.5 Å². The van der Waals surface area contributed by atoms with Crippen LogP contribution in [-0.2, 0) is 16.6 Å². The van der Waals surface area contributed by atoms with E-state index in [9.17, 15) is 15.0 Å². The molecule has 0 radical (unpaired) electrons. The number of piperidine rings is 1. The lowest BCUT2D eigenvalue weighted by Crippen LogP contribution is -2.81. The van der Waals surface area contributed by atoms with Gasteiger partial charge >= 0.3 is 0 Å². The van der Waals surface area contributed by atoms with Crippen molar-refractivity contribution in [3.63, 3.8) is 0 Å².